The number of hydrogen-bond acceptors (Lipinski definition) is 5. The summed E-state index contributed by atoms with van der Waals surface area (Å²) in [6.45, 7) is 0. The van der Waals surface area contributed by atoms with Gasteiger partial charge in [-0.1, -0.05) is 0 Å². The van der Waals surface area contributed by atoms with E-state index in [4.69, 9.17) is 0 Å². The number of Topliss-reactive ketones (excluding diaryl/α,β-unsaturated/α-hetero) is 1. The Kier molecular flexibility index (Phi) is 7.50. The van der Waals surface area contributed by atoms with Crippen molar-refractivity contribution in [2.24, 2.45) is 0 Å². The van der Waals surface area contributed by atoms with Crippen molar-refractivity contribution in [2.75, 3.05) is 0 Å². The number of pyridine rings is 4. The fraction of sp³-hybridized carbons (Fsp3) is 0.160. The molecule has 0 saturated carbocycles. The predicted octanol–water partition coefficient (Wildman–Crippen LogP) is 5.71. The molecule has 4 rings (SSSR count). The first-order chi connectivity index (χ1) is 15.6. The number of rotatable bonds is 8. The third kappa shape index (κ3) is 5.72. The molecule has 4 aromatic heterocycles. The molecular formula is C25H20Br2N4O. The summed E-state index contributed by atoms with van der Waals surface area (Å²) < 4.78 is 1.75. The van der Waals surface area contributed by atoms with Crippen LogP contribution in [0.4, 0.5) is 0 Å². The third-order valence-electron chi connectivity index (χ3n) is 5.28. The van der Waals surface area contributed by atoms with E-state index in [1.165, 1.54) is 0 Å². The molecule has 0 spiro atoms. The van der Waals surface area contributed by atoms with Gasteiger partial charge in [0.05, 0.1) is 23.2 Å². The molecule has 5 nitrogen and oxygen atoms in total. The molecule has 32 heavy (non-hydrogen) atoms. The van der Waals surface area contributed by atoms with E-state index in [1.807, 2.05) is 48.5 Å². The van der Waals surface area contributed by atoms with Gasteiger partial charge in [-0.25, -0.2) is 0 Å². The molecule has 4 heterocycles. The minimum atomic E-state index is -0.414. The summed E-state index contributed by atoms with van der Waals surface area (Å²) in [5.74, 6) is -0.742. The number of carbonyl (C=O) groups excluding carboxylic acids is 1. The molecule has 0 saturated heterocycles. The summed E-state index contributed by atoms with van der Waals surface area (Å²) in [6, 6.07) is 15.4. The van der Waals surface area contributed by atoms with Crippen LogP contribution in [-0.2, 0) is 17.6 Å². The highest BCUT2D eigenvalue weighted by Gasteiger charge is 2.31. The molecule has 7 heteroatoms. The van der Waals surface area contributed by atoms with Crippen LogP contribution in [-0.4, -0.2) is 25.7 Å². The van der Waals surface area contributed by atoms with Crippen molar-refractivity contribution in [2.45, 2.75) is 24.7 Å². The molecule has 0 aliphatic carbocycles. The molecule has 0 bridgehead atoms. The van der Waals surface area contributed by atoms with Crippen LogP contribution < -0.4 is 0 Å². The van der Waals surface area contributed by atoms with E-state index >= 15 is 0 Å². The normalized spacial score (nSPS) is 12.8. The summed E-state index contributed by atoms with van der Waals surface area (Å²) in [5.41, 5.74) is 3.56. The molecule has 2 unspecified atom stereocenters. The van der Waals surface area contributed by atoms with Gasteiger partial charge in [0.2, 0.25) is 0 Å². The third-order valence-corrected chi connectivity index (χ3v) is 6.22. The van der Waals surface area contributed by atoms with E-state index in [1.54, 1.807) is 37.2 Å². The Balaban J connectivity index is 1.73. The molecule has 0 aliphatic rings. The van der Waals surface area contributed by atoms with Crippen molar-refractivity contribution in [3.05, 3.63) is 117 Å². The molecule has 0 radical (unpaired) electrons. The Labute approximate surface area is 203 Å². The lowest BCUT2D eigenvalue weighted by atomic mass is 9.81. The number of halogens is 2. The SMILES string of the molecule is O=C(C(Cc1ccncc1)c1ccc(Br)cn1)C(Cc1ccncc1)c1ccc(Br)cn1. The van der Waals surface area contributed by atoms with Crippen LogP contribution in [0.25, 0.3) is 0 Å². The van der Waals surface area contributed by atoms with Crippen LogP contribution in [0.15, 0.2) is 94.7 Å². The van der Waals surface area contributed by atoms with Gasteiger partial charge in [-0.15, -0.1) is 0 Å². The van der Waals surface area contributed by atoms with E-state index in [2.05, 4.69) is 51.8 Å². The van der Waals surface area contributed by atoms with Crippen molar-refractivity contribution in [1.82, 2.24) is 19.9 Å². The van der Waals surface area contributed by atoms with Crippen molar-refractivity contribution < 1.29 is 4.79 Å². The van der Waals surface area contributed by atoms with Gasteiger partial charge in [0, 0.05) is 46.1 Å². The summed E-state index contributed by atoms with van der Waals surface area (Å²) in [5, 5.41) is 0. The maximum absolute atomic E-state index is 14.1. The van der Waals surface area contributed by atoms with Gasteiger partial charge in [-0.05, 0) is 104 Å². The Hall–Kier alpha value is -2.77. The summed E-state index contributed by atoms with van der Waals surface area (Å²) >= 11 is 6.88. The van der Waals surface area contributed by atoms with E-state index in [9.17, 15) is 4.79 Å². The quantitative estimate of drug-likeness (QED) is 0.280. The number of aromatic nitrogens is 4. The van der Waals surface area contributed by atoms with Crippen LogP contribution in [0.5, 0.6) is 0 Å². The van der Waals surface area contributed by atoms with Gasteiger partial charge in [0.15, 0.2) is 5.78 Å². The van der Waals surface area contributed by atoms with Gasteiger partial charge >= 0.3 is 0 Å². The smallest absolute Gasteiger partial charge is 0.151 e. The van der Waals surface area contributed by atoms with E-state index in [0.29, 0.717) is 12.8 Å². The fourth-order valence-corrected chi connectivity index (χ4v) is 4.11. The highest BCUT2D eigenvalue weighted by Crippen LogP contribution is 2.31. The first kappa shape index (κ1) is 22.4. The highest BCUT2D eigenvalue weighted by molar-refractivity contribution is 9.10. The average molecular weight is 552 g/mol. The molecule has 0 amide bonds. The van der Waals surface area contributed by atoms with E-state index in [0.717, 1.165) is 31.5 Å². The first-order valence-electron chi connectivity index (χ1n) is 10.1. The topological polar surface area (TPSA) is 68.6 Å². The van der Waals surface area contributed by atoms with Crippen LogP contribution in [0.2, 0.25) is 0 Å². The zero-order valence-corrected chi connectivity index (χ0v) is 20.3. The van der Waals surface area contributed by atoms with Crippen molar-refractivity contribution >= 4 is 37.6 Å². The summed E-state index contributed by atoms with van der Waals surface area (Å²) in [6.07, 6.45) is 11.5. The van der Waals surface area contributed by atoms with E-state index in [-0.39, 0.29) is 5.78 Å². The molecule has 2 atom stereocenters. The first-order valence-corrected chi connectivity index (χ1v) is 11.7. The van der Waals surface area contributed by atoms with Crippen LogP contribution in [0.1, 0.15) is 34.4 Å². The number of hydrogen-bond donors (Lipinski definition) is 0. The maximum atomic E-state index is 14.1. The Morgan fingerprint density at radius 2 is 1.06 bits per heavy atom. The largest absolute Gasteiger partial charge is 0.298 e. The number of nitrogens with zero attached hydrogens (tertiary/aromatic N) is 4. The lowest BCUT2D eigenvalue weighted by Crippen LogP contribution is -2.25. The molecule has 4 aromatic rings. The van der Waals surface area contributed by atoms with Gasteiger partial charge in [-0.3, -0.25) is 24.7 Å². The average Bonchev–Trinajstić information content (AvgIpc) is 2.83. The monoisotopic (exact) mass is 550 g/mol. The molecule has 0 N–H and O–H groups in total. The second-order valence-corrected chi connectivity index (χ2v) is 9.26. The predicted molar refractivity (Wildman–Crippen MR) is 130 cm³/mol. The van der Waals surface area contributed by atoms with Gasteiger partial charge < -0.3 is 0 Å². The van der Waals surface area contributed by atoms with Crippen molar-refractivity contribution in [1.29, 1.82) is 0 Å². The lowest BCUT2D eigenvalue weighted by Gasteiger charge is -2.23. The summed E-state index contributed by atoms with van der Waals surface area (Å²) in [4.78, 5) is 31.4. The minimum Gasteiger partial charge on any atom is -0.298 e. The van der Waals surface area contributed by atoms with Crippen LogP contribution in [0, 0.1) is 0 Å². The standard InChI is InChI=1S/C25H20Br2N4O/c26-19-1-3-23(30-15-19)21(13-17-5-9-28-10-6-17)25(32)22(14-18-7-11-29-12-8-18)24-4-2-20(27)16-31-24/h1-12,15-16,21-22H,13-14H2. The Bertz CT molecular complexity index is 1060. The van der Waals surface area contributed by atoms with Gasteiger partial charge in [-0.2, -0.15) is 0 Å². The number of ketones is 1. The Morgan fingerprint density at radius 3 is 1.41 bits per heavy atom. The molecule has 0 fully saturated rings. The Morgan fingerprint density at radius 1 is 0.656 bits per heavy atom. The molecule has 0 aliphatic heterocycles. The lowest BCUT2D eigenvalue weighted by molar-refractivity contribution is -0.122. The van der Waals surface area contributed by atoms with Crippen molar-refractivity contribution in [3.63, 3.8) is 0 Å². The van der Waals surface area contributed by atoms with Gasteiger partial charge in [0.25, 0.3) is 0 Å². The second kappa shape index (κ2) is 10.7. The molecule has 0 aromatic carbocycles. The van der Waals surface area contributed by atoms with Crippen LogP contribution >= 0.6 is 31.9 Å². The maximum Gasteiger partial charge on any atom is 0.151 e. The van der Waals surface area contributed by atoms with E-state index < -0.39 is 11.8 Å². The van der Waals surface area contributed by atoms with Crippen molar-refractivity contribution in [3.8, 4) is 0 Å². The molecule has 160 valence electrons. The number of carbonyl (C=O) groups is 1. The zero-order chi connectivity index (χ0) is 22.3. The summed E-state index contributed by atoms with van der Waals surface area (Å²) in [7, 11) is 0. The highest BCUT2D eigenvalue weighted by atomic mass is 79.9. The second-order valence-electron chi connectivity index (χ2n) is 7.43. The fourth-order valence-electron chi connectivity index (χ4n) is 3.64. The van der Waals surface area contributed by atoms with Gasteiger partial charge in [0.1, 0.15) is 0 Å². The minimum absolute atomic E-state index is 0.0864. The molecular weight excluding hydrogens is 532 g/mol. The van der Waals surface area contributed by atoms with Crippen LogP contribution in [0.3, 0.4) is 0 Å². The zero-order valence-electron chi connectivity index (χ0n) is 17.1.